The largest absolute Gasteiger partial charge is 0.465 e. The van der Waals surface area contributed by atoms with Gasteiger partial charge in [-0.2, -0.15) is 0 Å². The molecule has 0 fully saturated rings. The maximum Gasteiger partial charge on any atom is 0.325 e. The minimum Gasteiger partial charge on any atom is -0.465 e. The van der Waals surface area contributed by atoms with Gasteiger partial charge in [0.25, 0.3) is 5.91 Å². The standard InChI is InChI=1S/C25H44N2O3S/c1-3-5-6-7-8-9-10-11-12-13-14-15-16-17-18-26-22-19-23(31-21-22)25(29)27-20-24(28)30-4-2/h19,21,26H,3-18,20H2,1-2H3,(H,27,29). The summed E-state index contributed by atoms with van der Waals surface area (Å²) in [4.78, 5) is 24.0. The maximum atomic E-state index is 12.0. The van der Waals surface area contributed by atoms with Gasteiger partial charge < -0.3 is 15.4 Å². The molecule has 0 saturated carbocycles. The average molecular weight is 453 g/mol. The summed E-state index contributed by atoms with van der Waals surface area (Å²) in [6.45, 7) is 5.18. The number of esters is 1. The van der Waals surface area contributed by atoms with Gasteiger partial charge in [-0.1, -0.05) is 90.4 Å². The van der Waals surface area contributed by atoms with Crippen LogP contribution in [0.2, 0.25) is 0 Å². The molecule has 1 aromatic rings. The first-order chi connectivity index (χ1) is 15.2. The normalized spacial score (nSPS) is 10.8. The highest BCUT2D eigenvalue weighted by Crippen LogP contribution is 2.19. The van der Waals surface area contributed by atoms with E-state index in [1.807, 2.05) is 11.4 Å². The third-order valence-corrected chi connectivity index (χ3v) is 6.31. The van der Waals surface area contributed by atoms with E-state index < -0.39 is 5.97 Å². The number of anilines is 1. The second kappa shape index (κ2) is 19.1. The van der Waals surface area contributed by atoms with Crippen LogP contribution in [0.25, 0.3) is 0 Å². The van der Waals surface area contributed by atoms with Crippen LogP contribution in [0.3, 0.4) is 0 Å². The topological polar surface area (TPSA) is 67.4 Å². The molecule has 0 bridgehead atoms. The molecule has 0 saturated heterocycles. The zero-order chi connectivity index (χ0) is 22.6. The molecule has 2 N–H and O–H groups in total. The predicted molar refractivity (Wildman–Crippen MR) is 132 cm³/mol. The van der Waals surface area contributed by atoms with Crippen LogP contribution >= 0.6 is 11.3 Å². The average Bonchev–Trinajstić information content (AvgIpc) is 3.24. The highest BCUT2D eigenvalue weighted by Gasteiger charge is 2.11. The van der Waals surface area contributed by atoms with Crippen molar-refractivity contribution in [2.75, 3.05) is 25.0 Å². The number of thiophene rings is 1. The summed E-state index contributed by atoms with van der Waals surface area (Å²) in [6.07, 6.45) is 19.1. The second-order valence-electron chi connectivity index (χ2n) is 8.21. The van der Waals surface area contributed by atoms with E-state index in [1.165, 1.54) is 94.8 Å². The van der Waals surface area contributed by atoms with E-state index in [1.54, 1.807) is 6.92 Å². The molecule has 0 aliphatic heterocycles. The maximum absolute atomic E-state index is 12.0. The first-order valence-electron chi connectivity index (χ1n) is 12.4. The number of carbonyl (C=O) groups is 2. The van der Waals surface area contributed by atoms with Crippen LogP contribution in [0.1, 0.15) is 113 Å². The van der Waals surface area contributed by atoms with Crippen molar-refractivity contribution in [2.45, 2.75) is 104 Å². The van der Waals surface area contributed by atoms with Gasteiger partial charge in [0.2, 0.25) is 0 Å². The summed E-state index contributed by atoms with van der Waals surface area (Å²) in [5, 5.41) is 7.92. The Hall–Kier alpha value is -1.56. The Kier molecular flexibility index (Phi) is 17.0. The summed E-state index contributed by atoms with van der Waals surface area (Å²) in [5.41, 5.74) is 0.973. The van der Waals surface area contributed by atoms with Crippen LogP contribution in [0.15, 0.2) is 11.4 Å². The molecule has 0 aliphatic rings. The minimum atomic E-state index is -0.413. The fourth-order valence-electron chi connectivity index (χ4n) is 3.55. The van der Waals surface area contributed by atoms with E-state index in [0.29, 0.717) is 11.5 Å². The molecule has 1 aromatic heterocycles. The Morgan fingerprint density at radius 3 is 1.94 bits per heavy atom. The molecule has 0 spiro atoms. The summed E-state index contributed by atoms with van der Waals surface area (Å²) in [7, 11) is 0. The fraction of sp³-hybridized carbons (Fsp3) is 0.760. The second-order valence-corrected chi connectivity index (χ2v) is 9.12. The number of amides is 1. The lowest BCUT2D eigenvalue weighted by Gasteiger charge is -2.05. The SMILES string of the molecule is CCCCCCCCCCCCCCCCNc1csc(C(=O)NCC(=O)OCC)c1. The van der Waals surface area contributed by atoms with Gasteiger partial charge in [-0.3, -0.25) is 9.59 Å². The van der Waals surface area contributed by atoms with Gasteiger partial charge in [0.1, 0.15) is 6.54 Å². The number of hydrogen-bond acceptors (Lipinski definition) is 5. The van der Waals surface area contributed by atoms with Crippen LogP contribution in [0.5, 0.6) is 0 Å². The van der Waals surface area contributed by atoms with Crippen molar-refractivity contribution in [3.8, 4) is 0 Å². The molecule has 0 atom stereocenters. The van der Waals surface area contributed by atoms with Gasteiger partial charge in [0, 0.05) is 17.6 Å². The highest BCUT2D eigenvalue weighted by molar-refractivity contribution is 7.12. The van der Waals surface area contributed by atoms with Crippen molar-refractivity contribution >= 4 is 28.9 Å². The monoisotopic (exact) mass is 452 g/mol. The molecule has 1 amide bonds. The zero-order valence-electron chi connectivity index (χ0n) is 19.8. The Bertz CT molecular complexity index is 589. The van der Waals surface area contributed by atoms with Crippen LogP contribution in [-0.2, 0) is 9.53 Å². The van der Waals surface area contributed by atoms with Crippen LogP contribution in [0, 0.1) is 0 Å². The lowest BCUT2D eigenvalue weighted by atomic mass is 10.0. The molecule has 178 valence electrons. The first kappa shape index (κ1) is 27.5. The van der Waals surface area contributed by atoms with Gasteiger partial charge >= 0.3 is 5.97 Å². The molecule has 1 heterocycles. The number of carbonyl (C=O) groups excluding carboxylic acids is 2. The summed E-state index contributed by atoms with van der Waals surface area (Å²) in [5.74, 6) is -0.647. The zero-order valence-corrected chi connectivity index (χ0v) is 20.6. The number of hydrogen-bond donors (Lipinski definition) is 2. The molecular formula is C25H44N2O3S. The summed E-state index contributed by atoms with van der Waals surface area (Å²) < 4.78 is 4.81. The van der Waals surface area contributed by atoms with Gasteiger partial charge in [-0.25, -0.2) is 0 Å². The number of rotatable bonds is 20. The molecular weight excluding hydrogens is 408 g/mol. The van der Waals surface area contributed by atoms with E-state index in [2.05, 4.69) is 17.6 Å². The van der Waals surface area contributed by atoms with Crippen LogP contribution in [-0.4, -0.2) is 31.6 Å². The molecule has 31 heavy (non-hydrogen) atoms. The van der Waals surface area contributed by atoms with E-state index in [0.717, 1.165) is 18.7 Å². The Morgan fingerprint density at radius 1 is 0.839 bits per heavy atom. The van der Waals surface area contributed by atoms with Gasteiger partial charge in [0.15, 0.2) is 0 Å². The van der Waals surface area contributed by atoms with Crippen molar-refractivity contribution in [1.82, 2.24) is 5.32 Å². The van der Waals surface area contributed by atoms with Crippen LogP contribution < -0.4 is 10.6 Å². The van der Waals surface area contributed by atoms with E-state index in [-0.39, 0.29) is 12.5 Å². The molecule has 1 rings (SSSR count). The Labute approximate surface area is 193 Å². The molecule has 6 heteroatoms. The smallest absolute Gasteiger partial charge is 0.325 e. The lowest BCUT2D eigenvalue weighted by Crippen LogP contribution is -2.30. The number of unbranched alkanes of at least 4 members (excludes halogenated alkanes) is 13. The summed E-state index contributed by atoms with van der Waals surface area (Å²) in [6, 6.07) is 1.84. The van der Waals surface area contributed by atoms with Gasteiger partial charge in [-0.15, -0.1) is 11.3 Å². The van der Waals surface area contributed by atoms with E-state index in [9.17, 15) is 9.59 Å². The third kappa shape index (κ3) is 15.0. The van der Waals surface area contributed by atoms with Gasteiger partial charge in [-0.05, 0) is 19.4 Å². The minimum absolute atomic E-state index is 0.0909. The predicted octanol–water partition coefficient (Wildman–Crippen LogP) is 6.93. The fourth-order valence-corrected chi connectivity index (χ4v) is 4.33. The quantitative estimate of drug-likeness (QED) is 0.166. The van der Waals surface area contributed by atoms with Crippen molar-refractivity contribution in [3.05, 3.63) is 16.3 Å². The van der Waals surface area contributed by atoms with Crippen LogP contribution in [0.4, 0.5) is 5.69 Å². The lowest BCUT2D eigenvalue weighted by molar-refractivity contribution is -0.141. The number of ether oxygens (including phenoxy) is 1. The van der Waals surface area contributed by atoms with Crippen molar-refractivity contribution in [1.29, 1.82) is 0 Å². The molecule has 0 unspecified atom stereocenters. The molecule has 0 aromatic carbocycles. The first-order valence-corrected chi connectivity index (χ1v) is 13.3. The van der Waals surface area contributed by atoms with E-state index >= 15 is 0 Å². The summed E-state index contributed by atoms with van der Waals surface area (Å²) >= 11 is 1.38. The van der Waals surface area contributed by atoms with E-state index in [4.69, 9.17) is 4.74 Å². The third-order valence-electron chi connectivity index (χ3n) is 5.38. The van der Waals surface area contributed by atoms with Gasteiger partial charge in [0.05, 0.1) is 11.5 Å². The van der Waals surface area contributed by atoms with Crippen molar-refractivity contribution < 1.29 is 14.3 Å². The Balaban J connectivity index is 1.94. The molecule has 0 radical (unpaired) electrons. The Morgan fingerprint density at radius 2 is 1.39 bits per heavy atom. The number of nitrogens with one attached hydrogen (secondary N) is 2. The van der Waals surface area contributed by atoms with Crippen molar-refractivity contribution in [2.24, 2.45) is 0 Å². The highest BCUT2D eigenvalue weighted by atomic mass is 32.1. The molecule has 0 aliphatic carbocycles. The van der Waals surface area contributed by atoms with Crippen molar-refractivity contribution in [3.63, 3.8) is 0 Å². The molecule has 5 nitrogen and oxygen atoms in total.